The molecule has 1 nitrogen and oxygen atoms in total. The molecule has 3 heteroatoms. The zero-order chi connectivity index (χ0) is 13.8. The van der Waals surface area contributed by atoms with Gasteiger partial charge in [-0.05, 0) is 48.4 Å². The Morgan fingerprint density at radius 3 is 2.37 bits per heavy atom. The fraction of sp³-hybridized carbons (Fsp3) is 0.250. The van der Waals surface area contributed by atoms with Crippen LogP contribution in [0.5, 0.6) is 0 Å². The molecule has 0 aliphatic carbocycles. The summed E-state index contributed by atoms with van der Waals surface area (Å²) in [6.45, 7) is 2.10. The minimum atomic E-state index is -0.818. The predicted molar refractivity (Wildman–Crippen MR) is 73.9 cm³/mol. The Kier molecular flexibility index (Phi) is 4.27. The van der Waals surface area contributed by atoms with Gasteiger partial charge in [0.2, 0.25) is 0 Å². The van der Waals surface area contributed by atoms with Gasteiger partial charge in [-0.25, -0.2) is 8.78 Å². The second-order valence-electron chi connectivity index (χ2n) is 4.50. The number of rotatable bonds is 4. The molecular formula is C16H17F2N. The van der Waals surface area contributed by atoms with E-state index in [1.807, 2.05) is 31.3 Å². The molecule has 0 spiro atoms. The van der Waals surface area contributed by atoms with Gasteiger partial charge in [0, 0.05) is 6.04 Å². The fourth-order valence-corrected chi connectivity index (χ4v) is 2.22. The lowest BCUT2D eigenvalue weighted by molar-refractivity contribution is 0.509. The maximum Gasteiger partial charge on any atom is 0.159 e. The molecule has 2 rings (SSSR count). The molecule has 0 amide bonds. The van der Waals surface area contributed by atoms with Crippen LogP contribution in [-0.4, -0.2) is 7.05 Å². The van der Waals surface area contributed by atoms with Gasteiger partial charge in [0.15, 0.2) is 11.6 Å². The molecule has 0 saturated heterocycles. The average Bonchev–Trinajstić information content (AvgIpc) is 2.44. The van der Waals surface area contributed by atoms with Crippen LogP contribution >= 0.6 is 0 Å². The number of hydrogen-bond donors (Lipinski definition) is 1. The lowest BCUT2D eigenvalue weighted by Gasteiger charge is -2.15. The summed E-state index contributed by atoms with van der Waals surface area (Å²) in [7, 11) is 1.92. The maximum atomic E-state index is 13.3. The van der Waals surface area contributed by atoms with E-state index in [9.17, 15) is 8.78 Å². The highest BCUT2D eigenvalue weighted by Crippen LogP contribution is 2.25. The molecule has 19 heavy (non-hydrogen) atoms. The maximum absolute atomic E-state index is 13.3. The molecule has 2 aromatic rings. The highest BCUT2D eigenvalue weighted by Gasteiger charge is 2.09. The molecule has 1 N–H and O–H groups in total. The van der Waals surface area contributed by atoms with Crippen LogP contribution in [0.15, 0.2) is 42.5 Å². The van der Waals surface area contributed by atoms with Crippen LogP contribution in [0.1, 0.15) is 24.9 Å². The smallest absolute Gasteiger partial charge is 0.159 e. The third kappa shape index (κ3) is 2.99. The van der Waals surface area contributed by atoms with E-state index in [0.29, 0.717) is 5.56 Å². The van der Waals surface area contributed by atoms with Crippen LogP contribution in [0, 0.1) is 11.6 Å². The lowest BCUT2D eigenvalue weighted by atomic mass is 9.98. The summed E-state index contributed by atoms with van der Waals surface area (Å²) in [5.74, 6) is -1.63. The lowest BCUT2D eigenvalue weighted by Crippen LogP contribution is -2.15. The first kappa shape index (κ1) is 13.7. The van der Waals surface area contributed by atoms with Crippen molar-refractivity contribution >= 4 is 0 Å². The minimum Gasteiger partial charge on any atom is -0.313 e. The van der Waals surface area contributed by atoms with E-state index in [4.69, 9.17) is 0 Å². The van der Waals surface area contributed by atoms with Gasteiger partial charge in [-0.3, -0.25) is 0 Å². The molecule has 0 fully saturated rings. The molecule has 0 aromatic heterocycles. The summed E-state index contributed by atoms with van der Waals surface area (Å²) >= 11 is 0. The standard InChI is InChI=1S/C16H17F2N/c1-3-16(19-2)13-6-4-5-11(9-13)12-7-8-14(17)15(18)10-12/h4-10,16,19H,3H2,1-2H3. The van der Waals surface area contributed by atoms with Gasteiger partial charge in [0.25, 0.3) is 0 Å². The van der Waals surface area contributed by atoms with Gasteiger partial charge in [0.1, 0.15) is 0 Å². The van der Waals surface area contributed by atoms with Crippen molar-refractivity contribution in [2.75, 3.05) is 7.05 Å². The number of benzene rings is 2. The van der Waals surface area contributed by atoms with Crippen molar-refractivity contribution in [2.24, 2.45) is 0 Å². The van der Waals surface area contributed by atoms with Gasteiger partial charge in [-0.2, -0.15) is 0 Å². The van der Waals surface area contributed by atoms with Crippen LogP contribution in [-0.2, 0) is 0 Å². The molecule has 0 saturated carbocycles. The summed E-state index contributed by atoms with van der Waals surface area (Å²) in [5.41, 5.74) is 2.73. The number of halogens is 2. The Balaban J connectivity index is 2.40. The minimum absolute atomic E-state index is 0.269. The molecule has 0 heterocycles. The highest BCUT2D eigenvalue weighted by atomic mass is 19.2. The molecule has 1 unspecified atom stereocenters. The Morgan fingerprint density at radius 1 is 1.00 bits per heavy atom. The van der Waals surface area contributed by atoms with Crippen LogP contribution in [0.2, 0.25) is 0 Å². The van der Waals surface area contributed by atoms with Crippen LogP contribution in [0.4, 0.5) is 8.78 Å². The second kappa shape index (κ2) is 5.93. The van der Waals surface area contributed by atoms with Crippen molar-refractivity contribution in [3.05, 3.63) is 59.7 Å². The van der Waals surface area contributed by atoms with Crippen LogP contribution in [0.25, 0.3) is 11.1 Å². The zero-order valence-electron chi connectivity index (χ0n) is 11.1. The first-order chi connectivity index (χ1) is 9.15. The van der Waals surface area contributed by atoms with E-state index in [0.717, 1.165) is 23.6 Å². The second-order valence-corrected chi connectivity index (χ2v) is 4.50. The molecule has 1 atom stereocenters. The summed E-state index contributed by atoms with van der Waals surface area (Å²) in [5, 5.41) is 3.23. The summed E-state index contributed by atoms with van der Waals surface area (Å²) in [6.07, 6.45) is 0.970. The summed E-state index contributed by atoms with van der Waals surface area (Å²) in [4.78, 5) is 0. The molecule has 0 aliphatic heterocycles. The first-order valence-electron chi connectivity index (χ1n) is 6.38. The van der Waals surface area contributed by atoms with Crippen molar-refractivity contribution in [1.82, 2.24) is 5.32 Å². The average molecular weight is 261 g/mol. The molecule has 2 aromatic carbocycles. The predicted octanol–water partition coefficient (Wildman–Crippen LogP) is 4.30. The van der Waals surface area contributed by atoms with E-state index in [1.165, 1.54) is 6.07 Å². The molecule has 0 bridgehead atoms. The van der Waals surface area contributed by atoms with Gasteiger partial charge < -0.3 is 5.32 Å². The molecule has 100 valence electrons. The Labute approximate surface area is 112 Å². The van der Waals surface area contributed by atoms with E-state index in [2.05, 4.69) is 12.2 Å². The highest BCUT2D eigenvalue weighted by molar-refractivity contribution is 5.64. The number of hydrogen-bond acceptors (Lipinski definition) is 1. The number of nitrogens with one attached hydrogen (secondary N) is 1. The largest absolute Gasteiger partial charge is 0.313 e. The van der Waals surface area contributed by atoms with Gasteiger partial charge >= 0.3 is 0 Å². The fourth-order valence-electron chi connectivity index (χ4n) is 2.22. The van der Waals surface area contributed by atoms with Gasteiger partial charge in [-0.15, -0.1) is 0 Å². The monoisotopic (exact) mass is 261 g/mol. The third-order valence-electron chi connectivity index (χ3n) is 3.30. The van der Waals surface area contributed by atoms with E-state index in [-0.39, 0.29) is 6.04 Å². The summed E-state index contributed by atoms with van der Waals surface area (Å²) < 4.78 is 26.2. The molecular weight excluding hydrogens is 244 g/mol. The van der Waals surface area contributed by atoms with E-state index >= 15 is 0 Å². The van der Waals surface area contributed by atoms with E-state index in [1.54, 1.807) is 6.07 Å². The third-order valence-corrected chi connectivity index (χ3v) is 3.30. The quantitative estimate of drug-likeness (QED) is 0.865. The van der Waals surface area contributed by atoms with Gasteiger partial charge in [0.05, 0.1) is 0 Å². The Hall–Kier alpha value is -1.74. The van der Waals surface area contributed by atoms with E-state index < -0.39 is 11.6 Å². The van der Waals surface area contributed by atoms with Crippen molar-refractivity contribution in [1.29, 1.82) is 0 Å². The van der Waals surface area contributed by atoms with Crippen molar-refractivity contribution in [2.45, 2.75) is 19.4 Å². The van der Waals surface area contributed by atoms with Crippen LogP contribution < -0.4 is 5.32 Å². The first-order valence-corrected chi connectivity index (χ1v) is 6.38. The Bertz CT molecular complexity index is 562. The zero-order valence-corrected chi connectivity index (χ0v) is 11.1. The SMILES string of the molecule is CCC(NC)c1cccc(-c2ccc(F)c(F)c2)c1. The Morgan fingerprint density at radius 2 is 1.74 bits per heavy atom. The normalized spacial score (nSPS) is 12.4. The van der Waals surface area contributed by atoms with Crippen LogP contribution in [0.3, 0.4) is 0 Å². The topological polar surface area (TPSA) is 12.0 Å². The van der Waals surface area contributed by atoms with Crippen molar-refractivity contribution < 1.29 is 8.78 Å². The summed E-state index contributed by atoms with van der Waals surface area (Å²) in [6, 6.07) is 12.1. The van der Waals surface area contributed by atoms with Crippen molar-refractivity contribution in [3.63, 3.8) is 0 Å². The van der Waals surface area contributed by atoms with Gasteiger partial charge in [-0.1, -0.05) is 31.2 Å². The van der Waals surface area contributed by atoms with Crippen molar-refractivity contribution in [3.8, 4) is 11.1 Å². The molecule has 0 radical (unpaired) electrons. The molecule has 0 aliphatic rings.